The number of rotatable bonds is 7. The number of carbonyl (C=O) groups excluding carboxylic acids is 1. The molecular formula is C20H19FN4O2. The molecular weight excluding hydrogens is 347 g/mol. The fourth-order valence-electron chi connectivity index (χ4n) is 2.39. The van der Waals surface area contributed by atoms with Crippen molar-refractivity contribution < 1.29 is 13.9 Å². The molecule has 0 saturated heterocycles. The van der Waals surface area contributed by atoms with Crippen LogP contribution in [0, 0.1) is 5.82 Å². The lowest BCUT2D eigenvalue weighted by atomic mass is 10.2. The number of anilines is 1. The van der Waals surface area contributed by atoms with Crippen molar-refractivity contribution in [3.05, 3.63) is 83.3 Å². The summed E-state index contributed by atoms with van der Waals surface area (Å²) in [5, 5.41) is 13.7. The fraction of sp³-hybridized carbons (Fsp3) is 0.150. The summed E-state index contributed by atoms with van der Waals surface area (Å²) >= 11 is 0. The van der Waals surface area contributed by atoms with Gasteiger partial charge in [-0.05, 0) is 35.9 Å². The highest BCUT2D eigenvalue weighted by molar-refractivity contribution is 5.92. The first-order valence-electron chi connectivity index (χ1n) is 8.38. The quantitative estimate of drug-likeness (QED) is 0.672. The highest BCUT2D eigenvalue weighted by Crippen LogP contribution is 2.12. The van der Waals surface area contributed by atoms with Gasteiger partial charge in [0.1, 0.15) is 17.4 Å². The molecule has 1 aromatic heterocycles. The fourth-order valence-corrected chi connectivity index (χ4v) is 2.39. The summed E-state index contributed by atoms with van der Waals surface area (Å²) in [4.78, 5) is 12.1. The SMILES string of the molecule is COc1ccc(CNc2ccc(C(=O)NCc3ccccc3F)nn2)cc1. The highest BCUT2D eigenvalue weighted by atomic mass is 19.1. The van der Waals surface area contributed by atoms with E-state index in [2.05, 4.69) is 20.8 Å². The molecule has 0 atom stereocenters. The van der Waals surface area contributed by atoms with E-state index in [-0.39, 0.29) is 18.1 Å². The van der Waals surface area contributed by atoms with Gasteiger partial charge in [-0.1, -0.05) is 30.3 Å². The molecule has 0 unspecified atom stereocenters. The topological polar surface area (TPSA) is 76.1 Å². The summed E-state index contributed by atoms with van der Waals surface area (Å²) in [6.45, 7) is 0.655. The number of nitrogens with one attached hydrogen (secondary N) is 2. The van der Waals surface area contributed by atoms with Crippen LogP contribution >= 0.6 is 0 Å². The molecule has 7 heteroatoms. The van der Waals surface area contributed by atoms with E-state index >= 15 is 0 Å². The highest BCUT2D eigenvalue weighted by Gasteiger charge is 2.09. The molecule has 0 aliphatic rings. The largest absolute Gasteiger partial charge is 0.497 e. The van der Waals surface area contributed by atoms with Crippen LogP contribution in [0.2, 0.25) is 0 Å². The number of methoxy groups -OCH3 is 1. The van der Waals surface area contributed by atoms with Crippen LogP contribution in [-0.2, 0) is 13.1 Å². The Kier molecular flexibility index (Phi) is 5.94. The first-order valence-corrected chi connectivity index (χ1v) is 8.38. The maximum Gasteiger partial charge on any atom is 0.272 e. The van der Waals surface area contributed by atoms with Gasteiger partial charge in [-0.2, -0.15) is 0 Å². The molecule has 1 heterocycles. The second-order valence-electron chi connectivity index (χ2n) is 5.78. The van der Waals surface area contributed by atoms with Crippen LogP contribution in [0.5, 0.6) is 5.75 Å². The molecule has 0 bridgehead atoms. The van der Waals surface area contributed by atoms with Crippen LogP contribution in [0.4, 0.5) is 10.2 Å². The van der Waals surface area contributed by atoms with Gasteiger partial charge in [0, 0.05) is 18.7 Å². The summed E-state index contributed by atoms with van der Waals surface area (Å²) in [6.07, 6.45) is 0. The number of benzene rings is 2. The molecule has 1 amide bonds. The lowest BCUT2D eigenvalue weighted by Gasteiger charge is -2.08. The molecule has 138 valence electrons. The lowest BCUT2D eigenvalue weighted by molar-refractivity contribution is 0.0944. The molecule has 6 nitrogen and oxygen atoms in total. The third-order valence-electron chi connectivity index (χ3n) is 3.93. The smallest absolute Gasteiger partial charge is 0.272 e. The summed E-state index contributed by atoms with van der Waals surface area (Å²) in [5.74, 6) is 0.579. The number of carbonyl (C=O) groups is 1. The molecule has 2 N–H and O–H groups in total. The van der Waals surface area contributed by atoms with Crippen LogP contribution in [0.3, 0.4) is 0 Å². The Balaban J connectivity index is 1.53. The van der Waals surface area contributed by atoms with E-state index in [0.717, 1.165) is 11.3 Å². The van der Waals surface area contributed by atoms with Crippen molar-refractivity contribution in [3.8, 4) is 5.75 Å². The Hall–Kier alpha value is -3.48. The number of nitrogens with zero attached hydrogens (tertiary/aromatic N) is 2. The van der Waals surface area contributed by atoms with Crippen molar-refractivity contribution in [1.29, 1.82) is 0 Å². The van der Waals surface area contributed by atoms with Crippen LogP contribution < -0.4 is 15.4 Å². The van der Waals surface area contributed by atoms with Crippen LogP contribution in [0.15, 0.2) is 60.7 Å². The van der Waals surface area contributed by atoms with Crippen molar-refractivity contribution in [3.63, 3.8) is 0 Å². The Bertz CT molecular complexity index is 899. The van der Waals surface area contributed by atoms with Crippen molar-refractivity contribution in [2.75, 3.05) is 12.4 Å². The van der Waals surface area contributed by atoms with E-state index in [4.69, 9.17) is 4.74 Å². The van der Waals surface area contributed by atoms with Crippen molar-refractivity contribution in [2.24, 2.45) is 0 Å². The van der Waals surface area contributed by atoms with Crippen molar-refractivity contribution >= 4 is 11.7 Å². The first-order chi connectivity index (χ1) is 13.2. The predicted molar refractivity (Wildman–Crippen MR) is 99.9 cm³/mol. The van der Waals surface area contributed by atoms with Crippen LogP contribution in [-0.4, -0.2) is 23.2 Å². The minimum atomic E-state index is -0.410. The van der Waals surface area contributed by atoms with Gasteiger partial charge >= 0.3 is 0 Å². The number of ether oxygens (including phenoxy) is 1. The summed E-state index contributed by atoms with van der Waals surface area (Å²) < 4.78 is 18.7. The Morgan fingerprint density at radius 3 is 2.44 bits per heavy atom. The average molecular weight is 366 g/mol. The molecule has 0 fully saturated rings. The molecule has 0 aliphatic heterocycles. The number of hydrogen-bond donors (Lipinski definition) is 2. The predicted octanol–water partition coefficient (Wildman–Crippen LogP) is 3.17. The molecule has 0 spiro atoms. The van der Waals surface area contributed by atoms with Gasteiger partial charge < -0.3 is 15.4 Å². The van der Waals surface area contributed by atoms with Crippen LogP contribution in [0.25, 0.3) is 0 Å². The Labute approximate surface area is 156 Å². The number of halogens is 1. The van der Waals surface area contributed by atoms with Gasteiger partial charge in [-0.3, -0.25) is 4.79 Å². The first kappa shape index (κ1) is 18.3. The molecule has 0 aliphatic carbocycles. The second-order valence-corrected chi connectivity index (χ2v) is 5.78. The number of aromatic nitrogens is 2. The van der Waals surface area contributed by atoms with E-state index in [1.165, 1.54) is 6.07 Å². The number of hydrogen-bond acceptors (Lipinski definition) is 5. The van der Waals surface area contributed by atoms with Gasteiger partial charge in [0.05, 0.1) is 7.11 Å². The third kappa shape index (κ3) is 5.01. The zero-order chi connectivity index (χ0) is 19.1. The monoisotopic (exact) mass is 366 g/mol. The van der Waals surface area contributed by atoms with Gasteiger partial charge in [-0.25, -0.2) is 4.39 Å². The zero-order valence-corrected chi connectivity index (χ0v) is 14.8. The van der Waals surface area contributed by atoms with Crippen LogP contribution in [0.1, 0.15) is 21.6 Å². The van der Waals surface area contributed by atoms with E-state index in [1.807, 2.05) is 24.3 Å². The van der Waals surface area contributed by atoms with E-state index < -0.39 is 5.91 Å². The summed E-state index contributed by atoms with van der Waals surface area (Å²) in [6, 6.07) is 17.2. The van der Waals surface area contributed by atoms with Gasteiger partial charge in [-0.15, -0.1) is 10.2 Å². The molecule has 27 heavy (non-hydrogen) atoms. The summed E-state index contributed by atoms with van der Waals surface area (Å²) in [5.41, 5.74) is 1.64. The van der Waals surface area contributed by atoms with E-state index in [0.29, 0.717) is 17.9 Å². The average Bonchev–Trinajstić information content (AvgIpc) is 2.72. The van der Waals surface area contributed by atoms with Gasteiger partial charge in [0.15, 0.2) is 5.69 Å². The molecule has 0 saturated carbocycles. The molecule has 0 radical (unpaired) electrons. The maximum absolute atomic E-state index is 13.6. The summed E-state index contributed by atoms with van der Waals surface area (Å²) in [7, 11) is 1.62. The van der Waals surface area contributed by atoms with E-state index in [1.54, 1.807) is 37.4 Å². The standard InChI is InChI=1S/C20H19FN4O2/c1-27-16-8-6-14(7-9-16)12-22-19-11-10-18(24-25-19)20(26)23-13-15-4-2-3-5-17(15)21/h2-11H,12-13H2,1H3,(H,22,25)(H,23,26). The van der Waals surface area contributed by atoms with Crippen molar-refractivity contribution in [1.82, 2.24) is 15.5 Å². The van der Waals surface area contributed by atoms with Crippen molar-refractivity contribution in [2.45, 2.75) is 13.1 Å². The normalized spacial score (nSPS) is 10.3. The maximum atomic E-state index is 13.6. The third-order valence-corrected chi connectivity index (χ3v) is 3.93. The molecule has 3 rings (SSSR count). The Morgan fingerprint density at radius 2 is 1.78 bits per heavy atom. The second kappa shape index (κ2) is 8.75. The zero-order valence-electron chi connectivity index (χ0n) is 14.8. The minimum absolute atomic E-state index is 0.0880. The number of amides is 1. The Morgan fingerprint density at radius 1 is 1.00 bits per heavy atom. The van der Waals surface area contributed by atoms with Gasteiger partial charge in [0.25, 0.3) is 5.91 Å². The van der Waals surface area contributed by atoms with E-state index in [9.17, 15) is 9.18 Å². The minimum Gasteiger partial charge on any atom is -0.497 e. The lowest BCUT2D eigenvalue weighted by Crippen LogP contribution is -2.24. The molecule has 2 aromatic carbocycles. The van der Waals surface area contributed by atoms with Gasteiger partial charge in [0.2, 0.25) is 0 Å². The molecule has 3 aromatic rings.